The molecule has 2 aromatic carbocycles. The quantitative estimate of drug-likeness (QED) is 0.813. The van der Waals surface area contributed by atoms with Crippen LogP contribution in [0.4, 0.5) is 5.69 Å². The van der Waals surface area contributed by atoms with E-state index >= 15 is 0 Å². The van der Waals surface area contributed by atoms with Gasteiger partial charge in [0.1, 0.15) is 0 Å². The second-order valence-corrected chi connectivity index (χ2v) is 7.79. The van der Waals surface area contributed by atoms with Crippen LogP contribution in [0.5, 0.6) is 0 Å². The summed E-state index contributed by atoms with van der Waals surface area (Å²) in [5.74, 6) is 0.604. The zero-order valence-electron chi connectivity index (χ0n) is 14.7. The SMILES string of the molecule is Cc1ccc2c(c1)C1CN(C)CCC1N2C(=O)Cc1ccc(Cl)cc1. The smallest absolute Gasteiger partial charge is 0.231 e. The lowest BCUT2D eigenvalue weighted by Gasteiger charge is -2.36. The maximum absolute atomic E-state index is 13.2. The van der Waals surface area contributed by atoms with Crippen molar-refractivity contribution in [3.63, 3.8) is 0 Å². The number of hydrogen-bond acceptors (Lipinski definition) is 2. The predicted octanol–water partition coefficient (Wildman–Crippen LogP) is 4.03. The number of amides is 1. The van der Waals surface area contributed by atoms with Gasteiger partial charge in [0.05, 0.1) is 6.42 Å². The van der Waals surface area contributed by atoms with Gasteiger partial charge in [0.25, 0.3) is 0 Å². The van der Waals surface area contributed by atoms with Gasteiger partial charge in [0.2, 0.25) is 5.91 Å². The molecule has 0 aromatic heterocycles. The average molecular weight is 355 g/mol. The molecule has 2 aromatic rings. The molecule has 4 heteroatoms. The van der Waals surface area contributed by atoms with Crippen LogP contribution in [0.15, 0.2) is 42.5 Å². The molecule has 25 heavy (non-hydrogen) atoms. The van der Waals surface area contributed by atoms with Gasteiger partial charge < -0.3 is 9.80 Å². The summed E-state index contributed by atoms with van der Waals surface area (Å²) < 4.78 is 0. The van der Waals surface area contributed by atoms with Crippen LogP contribution in [0.2, 0.25) is 5.02 Å². The van der Waals surface area contributed by atoms with Crippen molar-refractivity contribution in [2.75, 3.05) is 25.0 Å². The Morgan fingerprint density at radius 1 is 1.20 bits per heavy atom. The van der Waals surface area contributed by atoms with Crippen molar-refractivity contribution < 1.29 is 4.79 Å². The molecule has 2 unspecified atom stereocenters. The summed E-state index contributed by atoms with van der Waals surface area (Å²) in [6.07, 6.45) is 1.45. The molecule has 1 saturated heterocycles. The zero-order chi connectivity index (χ0) is 17.6. The first-order valence-electron chi connectivity index (χ1n) is 8.88. The van der Waals surface area contributed by atoms with Crippen LogP contribution in [0, 0.1) is 6.92 Å². The number of carbonyl (C=O) groups excluding carboxylic acids is 1. The van der Waals surface area contributed by atoms with Crippen molar-refractivity contribution in [3.05, 3.63) is 64.2 Å². The second-order valence-electron chi connectivity index (χ2n) is 7.35. The van der Waals surface area contributed by atoms with Crippen LogP contribution in [-0.2, 0) is 11.2 Å². The average Bonchev–Trinajstić information content (AvgIpc) is 2.90. The highest BCUT2D eigenvalue weighted by Gasteiger charge is 2.43. The number of carbonyl (C=O) groups is 1. The largest absolute Gasteiger partial charge is 0.308 e. The number of piperidine rings is 1. The number of nitrogens with zero attached hydrogens (tertiary/aromatic N) is 2. The number of benzene rings is 2. The Morgan fingerprint density at radius 3 is 2.72 bits per heavy atom. The van der Waals surface area contributed by atoms with Crippen LogP contribution in [0.3, 0.4) is 0 Å². The van der Waals surface area contributed by atoms with Crippen molar-refractivity contribution in [2.45, 2.75) is 31.7 Å². The second kappa shape index (κ2) is 6.47. The van der Waals surface area contributed by atoms with Crippen LogP contribution in [0.25, 0.3) is 0 Å². The number of anilines is 1. The van der Waals surface area contributed by atoms with Gasteiger partial charge in [-0.2, -0.15) is 0 Å². The Balaban J connectivity index is 1.66. The highest BCUT2D eigenvalue weighted by molar-refractivity contribution is 6.30. The minimum Gasteiger partial charge on any atom is -0.308 e. The van der Waals surface area contributed by atoms with Gasteiger partial charge >= 0.3 is 0 Å². The number of likely N-dealkylation sites (tertiary alicyclic amines) is 1. The number of likely N-dealkylation sites (N-methyl/N-ethyl adjacent to an activating group) is 1. The lowest BCUT2D eigenvalue weighted by Crippen LogP contribution is -2.47. The highest BCUT2D eigenvalue weighted by Crippen LogP contribution is 2.45. The van der Waals surface area contributed by atoms with Gasteiger partial charge in [0, 0.05) is 29.2 Å². The molecule has 4 rings (SSSR count). The van der Waals surface area contributed by atoms with Crippen LogP contribution >= 0.6 is 11.6 Å². The summed E-state index contributed by atoms with van der Waals surface area (Å²) in [7, 11) is 2.17. The molecule has 2 aliphatic heterocycles. The third-order valence-electron chi connectivity index (χ3n) is 5.49. The van der Waals surface area contributed by atoms with Crippen LogP contribution in [-0.4, -0.2) is 37.0 Å². The first-order valence-corrected chi connectivity index (χ1v) is 9.26. The lowest BCUT2D eigenvalue weighted by molar-refractivity contribution is -0.118. The van der Waals surface area contributed by atoms with E-state index in [1.807, 2.05) is 24.3 Å². The molecule has 3 nitrogen and oxygen atoms in total. The Bertz CT molecular complexity index is 802. The van der Waals surface area contributed by atoms with Gasteiger partial charge in [-0.15, -0.1) is 0 Å². The van der Waals surface area contributed by atoms with E-state index in [4.69, 9.17) is 11.6 Å². The van der Waals surface area contributed by atoms with Gasteiger partial charge in [-0.3, -0.25) is 4.79 Å². The van der Waals surface area contributed by atoms with E-state index in [2.05, 4.69) is 42.0 Å². The molecule has 2 atom stereocenters. The molecule has 0 spiro atoms. The fourth-order valence-electron chi connectivity index (χ4n) is 4.27. The summed E-state index contributed by atoms with van der Waals surface area (Å²) >= 11 is 5.96. The number of fused-ring (bicyclic) bond motifs is 3. The first kappa shape index (κ1) is 16.6. The number of aryl methyl sites for hydroxylation is 1. The fourth-order valence-corrected chi connectivity index (χ4v) is 4.39. The molecule has 1 fully saturated rings. The number of halogens is 1. The van der Waals surface area contributed by atoms with Crippen molar-refractivity contribution in [3.8, 4) is 0 Å². The molecule has 0 bridgehead atoms. The summed E-state index contributed by atoms with van der Waals surface area (Å²) in [5.41, 5.74) is 4.72. The fraction of sp³-hybridized carbons (Fsp3) is 0.381. The number of hydrogen-bond donors (Lipinski definition) is 0. The summed E-state index contributed by atoms with van der Waals surface area (Å²) in [6.45, 7) is 4.19. The van der Waals surface area contributed by atoms with E-state index in [9.17, 15) is 4.79 Å². The zero-order valence-corrected chi connectivity index (χ0v) is 15.5. The van der Waals surface area contributed by atoms with E-state index in [0.29, 0.717) is 17.4 Å². The normalized spacial score (nSPS) is 22.6. The number of rotatable bonds is 2. The van der Waals surface area contributed by atoms with Crippen molar-refractivity contribution >= 4 is 23.2 Å². The monoisotopic (exact) mass is 354 g/mol. The van der Waals surface area contributed by atoms with Crippen LogP contribution < -0.4 is 4.90 Å². The highest BCUT2D eigenvalue weighted by atomic mass is 35.5. The molecule has 0 radical (unpaired) electrons. The molecule has 0 saturated carbocycles. The maximum atomic E-state index is 13.2. The molecule has 2 aliphatic rings. The molecule has 0 aliphatic carbocycles. The molecule has 130 valence electrons. The Labute approximate surface area is 154 Å². The maximum Gasteiger partial charge on any atom is 0.231 e. The Kier molecular flexibility index (Phi) is 4.30. The summed E-state index contributed by atoms with van der Waals surface area (Å²) in [5, 5.41) is 0.702. The van der Waals surface area contributed by atoms with E-state index in [-0.39, 0.29) is 11.9 Å². The molecule has 0 N–H and O–H groups in total. The molecular weight excluding hydrogens is 332 g/mol. The third-order valence-corrected chi connectivity index (χ3v) is 5.74. The molecule has 1 amide bonds. The van der Waals surface area contributed by atoms with Gasteiger partial charge in [-0.05, 0) is 56.3 Å². The van der Waals surface area contributed by atoms with E-state index < -0.39 is 0 Å². The molecule has 2 heterocycles. The van der Waals surface area contributed by atoms with Crippen molar-refractivity contribution in [2.24, 2.45) is 0 Å². The van der Waals surface area contributed by atoms with Crippen molar-refractivity contribution in [1.82, 2.24) is 4.90 Å². The summed E-state index contributed by atoms with van der Waals surface area (Å²) in [4.78, 5) is 17.6. The first-order chi connectivity index (χ1) is 12.0. The molecular formula is C21H23ClN2O. The van der Waals surface area contributed by atoms with Gasteiger partial charge in [0.15, 0.2) is 0 Å². The Morgan fingerprint density at radius 2 is 1.96 bits per heavy atom. The van der Waals surface area contributed by atoms with Crippen LogP contribution in [0.1, 0.15) is 29.0 Å². The summed E-state index contributed by atoms with van der Waals surface area (Å²) in [6, 6.07) is 14.4. The topological polar surface area (TPSA) is 23.6 Å². The third kappa shape index (κ3) is 3.07. The van der Waals surface area contributed by atoms with Gasteiger partial charge in [-0.25, -0.2) is 0 Å². The minimum atomic E-state index is 0.185. The Hall–Kier alpha value is -1.84. The van der Waals surface area contributed by atoms with E-state index in [0.717, 1.165) is 30.8 Å². The van der Waals surface area contributed by atoms with Crippen molar-refractivity contribution in [1.29, 1.82) is 0 Å². The standard InChI is InChI=1S/C21H23ClN2O/c1-14-3-8-19-17(11-14)18-13-23(2)10-9-20(18)24(19)21(25)12-15-4-6-16(22)7-5-15/h3-8,11,18,20H,9-10,12-13H2,1-2H3. The predicted molar refractivity (Wildman–Crippen MR) is 102 cm³/mol. The minimum absolute atomic E-state index is 0.185. The van der Waals surface area contributed by atoms with Gasteiger partial charge in [-0.1, -0.05) is 41.4 Å². The van der Waals surface area contributed by atoms with E-state index in [1.54, 1.807) is 0 Å². The lowest BCUT2D eigenvalue weighted by atomic mass is 9.89. The van der Waals surface area contributed by atoms with E-state index in [1.165, 1.54) is 11.1 Å².